The first-order chi connectivity index (χ1) is 7.54. The van der Waals surface area contributed by atoms with Crippen LogP contribution in [0.25, 0.3) is 0 Å². The van der Waals surface area contributed by atoms with E-state index in [-0.39, 0.29) is 17.4 Å². The lowest BCUT2D eigenvalue weighted by molar-refractivity contribution is -0.00830. The van der Waals surface area contributed by atoms with Crippen LogP contribution in [0, 0.1) is 11.3 Å². The highest BCUT2D eigenvalue weighted by molar-refractivity contribution is 5.40. The quantitative estimate of drug-likeness (QED) is 0.762. The lowest BCUT2D eigenvalue weighted by atomic mass is 9.95. The monoisotopic (exact) mass is 221 g/mol. The third-order valence-corrected chi connectivity index (χ3v) is 3.27. The number of nitriles is 1. The van der Waals surface area contributed by atoms with Crippen molar-refractivity contribution in [1.29, 1.82) is 5.26 Å². The molecule has 0 amide bonds. The number of hydrogen-bond acceptors (Lipinski definition) is 1. The summed E-state index contributed by atoms with van der Waals surface area (Å²) in [6.07, 6.45) is 1.48. The molecular formula is C13H13F2N. The van der Waals surface area contributed by atoms with Crippen molar-refractivity contribution in [2.75, 3.05) is 0 Å². The molecule has 3 heteroatoms. The summed E-state index contributed by atoms with van der Waals surface area (Å²) in [5, 5.41) is 8.99. The first kappa shape index (κ1) is 11.1. The molecule has 0 aromatic heterocycles. The lowest BCUT2D eigenvalue weighted by Crippen LogP contribution is -2.12. The Morgan fingerprint density at radius 2 is 1.88 bits per heavy atom. The predicted molar refractivity (Wildman–Crippen MR) is 57.2 cm³/mol. The molecule has 0 N–H and O–H groups in total. The fourth-order valence-corrected chi connectivity index (χ4v) is 1.83. The van der Waals surface area contributed by atoms with Crippen LogP contribution < -0.4 is 0 Å². The number of rotatable bonds is 3. The lowest BCUT2D eigenvalue weighted by Gasteiger charge is -2.15. The Kier molecular flexibility index (Phi) is 2.46. The van der Waals surface area contributed by atoms with Gasteiger partial charge in [-0.05, 0) is 18.4 Å². The van der Waals surface area contributed by atoms with Crippen LogP contribution in [0.3, 0.4) is 0 Å². The second-order valence-electron chi connectivity index (χ2n) is 4.33. The average molecular weight is 221 g/mol. The van der Waals surface area contributed by atoms with Crippen molar-refractivity contribution < 1.29 is 8.78 Å². The molecule has 1 aliphatic carbocycles. The molecule has 2 rings (SSSR count). The first-order valence-corrected chi connectivity index (χ1v) is 5.44. The molecule has 84 valence electrons. The fourth-order valence-electron chi connectivity index (χ4n) is 1.83. The number of alkyl halides is 2. The van der Waals surface area contributed by atoms with Crippen LogP contribution in [-0.4, -0.2) is 0 Å². The van der Waals surface area contributed by atoms with Gasteiger partial charge in [-0.2, -0.15) is 5.26 Å². The smallest absolute Gasteiger partial charge is 0.201 e. The van der Waals surface area contributed by atoms with Gasteiger partial charge in [0.05, 0.1) is 11.5 Å². The van der Waals surface area contributed by atoms with Gasteiger partial charge in [-0.1, -0.05) is 31.2 Å². The van der Waals surface area contributed by atoms with E-state index in [9.17, 15) is 8.78 Å². The van der Waals surface area contributed by atoms with Gasteiger partial charge in [0.25, 0.3) is 5.92 Å². The number of benzene rings is 1. The molecule has 16 heavy (non-hydrogen) atoms. The van der Waals surface area contributed by atoms with Crippen molar-refractivity contribution in [2.45, 2.75) is 37.5 Å². The maximum atomic E-state index is 13.3. The van der Waals surface area contributed by atoms with Gasteiger partial charge >= 0.3 is 0 Å². The Hall–Kier alpha value is -1.43. The molecule has 0 saturated heterocycles. The van der Waals surface area contributed by atoms with Crippen molar-refractivity contribution >= 4 is 0 Å². The van der Waals surface area contributed by atoms with Gasteiger partial charge in [-0.25, -0.2) is 8.78 Å². The maximum absolute atomic E-state index is 13.3. The molecule has 0 spiro atoms. The SMILES string of the molecule is CCC(F)(F)c1ccc(C2(C#N)CC2)cc1. The van der Waals surface area contributed by atoms with Gasteiger partial charge in [0.1, 0.15) is 0 Å². The van der Waals surface area contributed by atoms with Gasteiger partial charge in [-0.3, -0.25) is 0 Å². The highest BCUT2D eigenvalue weighted by atomic mass is 19.3. The Morgan fingerprint density at radius 1 is 1.31 bits per heavy atom. The van der Waals surface area contributed by atoms with Gasteiger partial charge < -0.3 is 0 Å². The van der Waals surface area contributed by atoms with Crippen molar-refractivity contribution in [1.82, 2.24) is 0 Å². The molecule has 0 heterocycles. The Balaban J connectivity index is 2.28. The minimum absolute atomic E-state index is 0.0347. The molecular weight excluding hydrogens is 208 g/mol. The standard InChI is InChI=1S/C13H13F2N/c1-2-13(14,15)11-5-3-10(4-6-11)12(9-16)7-8-12/h3-6H,2,7-8H2,1H3. The van der Waals surface area contributed by atoms with E-state index < -0.39 is 5.92 Å². The van der Waals surface area contributed by atoms with Crippen LogP contribution in [0.5, 0.6) is 0 Å². The highest BCUT2D eigenvalue weighted by Crippen LogP contribution is 2.47. The van der Waals surface area contributed by atoms with Crippen molar-refractivity contribution in [2.24, 2.45) is 0 Å². The Labute approximate surface area is 93.7 Å². The van der Waals surface area contributed by atoms with E-state index in [1.165, 1.54) is 19.1 Å². The third kappa shape index (κ3) is 1.69. The average Bonchev–Trinajstić information content (AvgIpc) is 3.10. The topological polar surface area (TPSA) is 23.8 Å². The van der Waals surface area contributed by atoms with E-state index in [1.807, 2.05) is 0 Å². The van der Waals surface area contributed by atoms with Crippen LogP contribution in [0.2, 0.25) is 0 Å². The normalized spacial score (nSPS) is 17.9. The summed E-state index contributed by atoms with van der Waals surface area (Å²) in [4.78, 5) is 0. The first-order valence-electron chi connectivity index (χ1n) is 5.44. The van der Waals surface area contributed by atoms with Gasteiger partial charge in [-0.15, -0.1) is 0 Å². The summed E-state index contributed by atoms with van der Waals surface area (Å²) in [7, 11) is 0. The second-order valence-corrected chi connectivity index (χ2v) is 4.33. The van der Waals surface area contributed by atoms with E-state index in [0.717, 1.165) is 18.4 Å². The van der Waals surface area contributed by atoms with Crippen molar-refractivity contribution in [3.63, 3.8) is 0 Å². The summed E-state index contributed by atoms with van der Waals surface area (Å²) in [6, 6.07) is 8.46. The second kappa shape index (κ2) is 3.55. The summed E-state index contributed by atoms with van der Waals surface area (Å²) in [6.45, 7) is 1.46. The van der Waals surface area contributed by atoms with Crippen molar-refractivity contribution in [3.8, 4) is 6.07 Å². The molecule has 0 unspecified atom stereocenters. The van der Waals surface area contributed by atoms with Gasteiger partial charge in [0.15, 0.2) is 0 Å². The zero-order valence-corrected chi connectivity index (χ0v) is 9.13. The molecule has 1 fully saturated rings. The van der Waals surface area contributed by atoms with E-state index >= 15 is 0 Å². The van der Waals surface area contributed by atoms with E-state index in [4.69, 9.17) is 5.26 Å². The highest BCUT2D eigenvalue weighted by Gasteiger charge is 2.45. The van der Waals surface area contributed by atoms with Crippen molar-refractivity contribution in [3.05, 3.63) is 35.4 Å². The molecule has 0 bridgehead atoms. The molecule has 1 nitrogen and oxygen atoms in total. The molecule has 1 aromatic rings. The number of halogens is 2. The van der Waals surface area contributed by atoms with E-state index in [0.29, 0.717) is 0 Å². The molecule has 0 radical (unpaired) electrons. The van der Waals surface area contributed by atoms with Crippen LogP contribution >= 0.6 is 0 Å². The van der Waals surface area contributed by atoms with Crippen LogP contribution in [-0.2, 0) is 11.3 Å². The van der Waals surface area contributed by atoms with E-state index in [2.05, 4.69) is 6.07 Å². The predicted octanol–water partition coefficient (Wildman–Crippen LogP) is 3.74. The summed E-state index contributed by atoms with van der Waals surface area (Å²) >= 11 is 0. The van der Waals surface area contributed by atoms with E-state index in [1.54, 1.807) is 12.1 Å². The van der Waals surface area contributed by atoms with Gasteiger partial charge in [0.2, 0.25) is 0 Å². The van der Waals surface area contributed by atoms with Gasteiger partial charge in [0, 0.05) is 12.0 Å². The maximum Gasteiger partial charge on any atom is 0.273 e. The molecule has 0 aliphatic heterocycles. The van der Waals surface area contributed by atoms with Crippen LogP contribution in [0.1, 0.15) is 37.3 Å². The zero-order valence-electron chi connectivity index (χ0n) is 9.13. The number of hydrogen-bond donors (Lipinski definition) is 0. The zero-order chi connectivity index (χ0) is 11.8. The molecule has 1 aliphatic rings. The Morgan fingerprint density at radius 3 is 2.25 bits per heavy atom. The van der Waals surface area contributed by atoms with Crippen LogP contribution in [0.4, 0.5) is 8.78 Å². The fraction of sp³-hybridized carbons (Fsp3) is 0.462. The molecule has 1 aromatic carbocycles. The summed E-state index contributed by atoms with van der Waals surface area (Å²) < 4.78 is 26.7. The minimum atomic E-state index is -2.76. The largest absolute Gasteiger partial charge is 0.273 e. The third-order valence-electron chi connectivity index (χ3n) is 3.27. The number of nitrogens with zero attached hydrogens (tertiary/aromatic N) is 1. The minimum Gasteiger partial charge on any atom is -0.201 e. The molecule has 1 saturated carbocycles. The van der Waals surface area contributed by atoms with Crippen LogP contribution in [0.15, 0.2) is 24.3 Å². The summed E-state index contributed by atoms with van der Waals surface area (Å²) in [5.74, 6) is -2.76. The summed E-state index contributed by atoms with van der Waals surface area (Å²) in [5.41, 5.74) is 0.512. The molecule has 0 atom stereocenters. The Bertz CT molecular complexity index is 424.